The molecule has 0 aliphatic rings. The number of pyridine rings is 1. The summed E-state index contributed by atoms with van der Waals surface area (Å²) < 4.78 is 5.59. The smallest absolute Gasteiger partial charge is 0.257 e. The highest BCUT2D eigenvalue weighted by Gasteiger charge is 2.19. The molecule has 0 aliphatic heterocycles. The largest absolute Gasteiger partial charge is 0.431 e. The number of thioether (sulfide) groups is 1. The Morgan fingerprint density at radius 2 is 2.13 bits per heavy atom. The topological polar surface area (TPSA) is 68.0 Å². The summed E-state index contributed by atoms with van der Waals surface area (Å²) in [5, 5.41) is 3.35. The van der Waals surface area contributed by atoms with E-state index < -0.39 is 5.25 Å². The Balaban J connectivity index is 1.69. The minimum Gasteiger partial charge on any atom is -0.431 e. The van der Waals surface area contributed by atoms with Gasteiger partial charge in [-0.3, -0.25) is 4.79 Å². The molecule has 2 heterocycles. The fourth-order valence-electron chi connectivity index (χ4n) is 1.83. The summed E-state index contributed by atoms with van der Waals surface area (Å²) in [5.74, 6) is 0.0139. The highest BCUT2D eigenvalue weighted by molar-refractivity contribution is 8.00. The second-order valence-electron chi connectivity index (χ2n) is 4.68. The van der Waals surface area contributed by atoms with Crippen molar-refractivity contribution in [3.05, 3.63) is 46.6 Å². The maximum atomic E-state index is 12.2. The van der Waals surface area contributed by atoms with Crippen LogP contribution < -0.4 is 5.32 Å². The van der Waals surface area contributed by atoms with Crippen LogP contribution in [0.1, 0.15) is 6.92 Å². The lowest BCUT2D eigenvalue weighted by molar-refractivity contribution is -0.115. The number of oxazole rings is 1. The van der Waals surface area contributed by atoms with Crippen molar-refractivity contribution in [3.8, 4) is 0 Å². The molecule has 0 bridgehead atoms. The molecule has 1 amide bonds. The zero-order chi connectivity index (χ0) is 16.4. The summed E-state index contributed by atoms with van der Waals surface area (Å²) in [5.41, 5.74) is 1.44. The number of nitrogens with one attached hydrogen (secondary N) is 1. The van der Waals surface area contributed by atoms with Gasteiger partial charge in [-0.2, -0.15) is 0 Å². The van der Waals surface area contributed by atoms with Gasteiger partial charge in [0.15, 0.2) is 11.4 Å². The first-order valence-electron chi connectivity index (χ1n) is 6.67. The monoisotopic (exact) mass is 367 g/mol. The highest BCUT2D eigenvalue weighted by Crippen LogP contribution is 2.28. The first-order valence-corrected chi connectivity index (χ1v) is 8.30. The van der Waals surface area contributed by atoms with Crippen molar-refractivity contribution in [2.45, 2.75) is 17.4 Å². The van der Waals surface area contributed by atoms with E-state index in [4.69, 9.17) is 27.6 Å². The number of halogens is 2. The van der Waals surface area contributed by atoms with Crippen molar-refractivity contribution in [1.82, 2.24) is 9.97 Å². The molecule has 1 unspecified atom stereocenters. The highest BCUT2D eigenvalue weighted by atomic mass is 35.5. The summed E-state index contributed by atoms with van der Waals surface area (Å²) in [6, 6.07) is 8.94. The Kier molecular flexibility index (Phi) is 4.75. The van der Waals surface area contributed by atoms with E-state index in [9.17, 15) is 4.79 Å². The van der Waals surface area contributed by atoms with E-state index in [1.165, 1.54) is 24.0 Å². The number of rotatable bonds is 4. The molecule has 0 aliphatic carbocycles. The summed E-state index contributed by atoms with van der Waals surface area (Å²) >= 11 is 13.0. The van der Waals surface area contributed by atoms with Gasteiger partial charge in [0.2, 0.25) is 5.91 Å². The lowest BCUT2D eigenvalue weighted by Crippen LogP contribution is -2.23. The van der Waals surface area contributed by atoms with Crippen LogP contribution in [0, 0.1) is 0 Å². The average molecular weight is 368 g/mol. The lowest BCUT2D eigenvalue weighted by Gasteiger charge is -2.10. The van der Waals surface area contributed by atoms with Gasteiger partial charge in [-0.25, -0.2) is 9.97 Å². The molecule has 1 aromatic carbocycles. The van der Waals surface area contributed by atoms with Gasteiger partial charge in [0.25, 0.3) is 5.22 Å². The molecule has 0 fully saturated rings. The first kappa shape index (κ1) is 16.1. The Morgan fingerprint density at radius 1 is 1.35 bits per heavy atom. The number of carbonyl (C=O) groups is 1. The van der Waals surface area contributed by atoms with Crippen molar-refractivity contribution < 1.29 is 9.21 Å². The Hall–Kier alpha value is -1.76. The van der Waals surface area contributed by atoms with Gasteiger partial charge in [-0.15, -0.1) is 0 Å². The predicted octanol–water partition coefficient (Wildman–Crippen LogP) is 4.65. The SMILES string of the molecule is CC(Sc1nc2ccccc2o1)C(=O)Nc1ncc(Cl)cc1Cl. The van der Waals surface area contributed by atoms with Crippen LogP contribution in [0.15, 0.2) is 46.2 Å². The second-order valence-corrected chi connectivity index (χ2v) is 6.82. The summed E-state index contributed by atoms with van der Waals surface area (Å²) in [6.45, 7) is 1.75. The maximum absolute atomic E-state index is 12.2. The van der Waals surface area contributed by atoms with Crippen molar-refractivity contribution >= 4 is 57.8 Å². The van der Waals surface area contributed by atoms with Gasteiger partial charge < -0.3 is 9.73 Å². The molecular weight excluding hydrogens is 357 g/mol. The fraction of sp³-hybridized carbons (Fsp3) is 0.133. The Labute approximate surface area is 146 Å². The summed E-state index contributed by atoms with van der Waals surface area (Å²) in [7, 11) is 0. The van der Waals surface area contributed by atoms with E-state index in [-0.39, 0.29) is 16.7 Å². The van der Waals surface area contributed by atoms with Crippen LogP contribution in [0.4, 0.5) is 5.82 Å². The molecule has 3 rings (SSSR count). The van der Waals surface area contributed by atoms with Gasteiger partial charge >= 0.3 is 0 Å². The summed E-state index contributed by atoms with van der Waals surface area (Å²) in [6.07, 6.45) is 1.42. The van der Waals surface area contributed by atoms with Crippen LogP contribution in [-0.2, 0) is 4.79 Å². The molecule has 2 aromatic heterocycles. The molecule has 3 aromatic rings. The minimum atomic E-state index is -0.434. The second kappa shape index (κ2) is 6.78. The molecule has 118 valence electrons. The number of hydrogen-bond donors (Lipinski definition) is 1. The number of fused-ring (bicyclic) bond motifs is 1. The molecule has 1 N–H and O–H groups in total. The van der Waals surface area contributed by atoms with Crippen LogP contribution in [0.2, 0.25) is 10.0 Å². The number of aromatic nitrogens is 2. The Bertz CT molecular complexity index is 836. The molecule has 0 saturated heterocycles. The zero-order valence-corrected chi connectivity index (χ0v) is 14.2. The molecule has 1 atom stereocenters. The van der Waals surface area contributed by atoms with Crippen molar-refractivity contribution in [3.63, 3.8) is 0 Å². The number of benzene rings is 1. The molecule has 23 heavy (non-hydrogen) atoms. The number of anilines is 1. The molecule has 5 nitrogen and oxygen atoms in total. The number of carbonyl (C=O) groups excluding carboxylic acids is 1. The van der Waals surface area contributed by atoms with E-state index in [1.54, 1.807) is 6.92 Å². The van der Waals surface area contributed by atoms with Crippen molar-refractivity contribution in [2.24, 2.45) is 0 Å². The van der Waals surface area contributed by atoms with Gasteiger partial charge in [0.05, 0.1) is 15.3 Å². The van der Waals surface area contributed by atoms with E-state index in [2.05, 4.69) is 15.3 Å². The van der Waals surface area contributed by atoms with E-state index in [1.807, 2.05) is 24.3 Å². The standard InChI is InChI=1S/C15H11Cl2N3O2S/c1-8(14(21)20-13-10(17)6-9(16)7-18-13)23-15-19-11-4-2-3-5-12(11)22-15/h2-8H,1H3,(H,18,20,21). The third kappa shape index (κ3) is 3.77. The van der Waals surface area contributed by atoms with Crippen molar-refractivity contribution in [1.29, 1.82) is 0 Å². The van der Waals surface area contributed by atoms with Crippen LogP contribution in [0.5, 0.6) is 0 Å². The zero-order valence-electron chi connectivity index (χ0n) is 11.9. The van der Waals surface area contributed by atoms with E-state index in [0.717, 1.165) is 5.52 Å². The van der Waals surface area contributed by atoms with E-state index in [0.29, 0.717) is 15.8 Å². The quantitative estimate of drug-likeness (QED) is 0.679. The molecular formula is C15H11Cl2N3O2S. The first-order chi connectivity index (χ1) is 11.0. The third-order valence-electron chi connectivity index (χ3n) is 2.97. The van der Waals surface area contributed by atoms with Crippen molar-refractivity contribution in [2.75, 3.05) is 5.32 Å². The fourth-order valence-corrected chi connectivity index (χ4v) is 3.02. The molecule has 0 radical (unpaired) electrons. The van der Waals surface area contributed by atoms with Crippen LogP contribution >= 0.6 is 35.0 Å². The molecule has 0 saturated carbocycles. The van der Waals surface area contributed by atoms with Gasteiger partial charge in [0.1, 0.15) is 5.52 Å². The average Bonchev–Trinajstić information content (AvgIpc) is 2.92. The van der Waals surface area contributed by atoms with Gasteiger partial charge in [-0.05, 0) is 25.1 Å². The molecule has 8 heteroatoms. The van der Waals surface area contributed by atoms with Crippen LogP contribution in [0.25, 0.3) is 11.1 Å². The maximum Gasteiger partial charge on any atom is 0.257 e. The van der Waals surface area contributed by atoms with E-state index >= 15 is 0 Å². The normalized spacial score (nSPS) is 12.3. The number of para-hydroxylation sites is 2. The predicted molar refractivity (Wildman–Crippen MR) is 92.2 cm³/mol. The van der Waals surface area contributed by atoms with Gasteiger partial charge in [-0.1, -0.05) is 47.1 Å². The van der Waals surface area contributed by atoms with Gasteiger partial charge in [0, 0.05) is 6.20 Å². The van der Waals surface area contributed by atoms with Crippen LogP contribution in [-0.4, -0.2) is 21.1 Å². The third-order valence-corrected chi connectivity index (χ3v) is 4.41. The Morgan fingerprint density at radius 3 is 2.87 bits per heavy atom. The molecule has 0 spiro atoms. The van der Waals surface area contributed by atoms with Crippen LogP contribution in [0.3, 0.4) is 0 Å². The number of hydrogen-bond acceptors (Lipinski definition) is 5. The summed E-state index contributed by atoms with van der Waals surface area (Å²) in [4.78, 5) is 20.6. The number of amides is 1. The lowest BCUT2D eigenvalue weighted by atomic mass is 10.3. The number of nitrogens with zero attached hydrogens (tertiary/aromatic N) is 2. The minimum absolute atomic E-state index is 0.256.